The summed E-state index contributed by atoms with van der Waals surface area (Å²) >= 11 is 0. The van der Waals surface area contributed by atoms with E-state index in [9.17, 15) is 4.79 Å². The molecule has 0 aromatic heterocycles. The van der Waals surface area contributed by atoms with Crippen molar-refractivity contribution >= 4 is 22.5 Å². The van der Waals surface area contributed by atoms with Crippen LogP contribution in [0.4, 0.5) is 10.5 Å². The van der Waals surface area contributed by atoms with Gasteiger partial charge in [0.15, 0.2) is 0 Å². The number of hydrogen-bond acceptors (Lipinski definition) is 2. The number of fused-ring (bicyclic) bond motifs is 1. The zero-order chi connectivity index (χ0) is 15.5. The molecule has 4 nitrogen and oxygen atoms in total. The number of urea groups is 1. The molecule has 0 radical (unpaired) electrons. The van der Waals surface area contributed by atoms with Crippen LogP contribution in [0, 0.1) is 0 Å². The standard InChI is InChI=1S/C18H23N3O/c1-13(2)21-11-10-15(12-21)19-18(22)20-17-9-5-7-14-6-3-4-8-16(14)17/h3-9,13,15H,10-12H2,1-2H3,(H2,19,20,22)/t15-/m1/s1. The molecule has 116 valence electrons. The molecule has 0 bridgehead atoms. The Hall–Kier alpha value is -2.07. The fraction of sp³-hybridized carbons (Fsp3) is 0.389. The van der Waals surface area contributed by atoms with Crippen LogP contribution in [0.25, 0.3) is 10.8 Å². The van der Waals surface area contributed by atoms with Crippen LogP contribution in [0.1, 0.15) is 20.3 Å². The lowest BCUT2D eigenvalue weighted by Crippen LogP contribution is -2.40. The van der Waals surface area contributed by atoms with Crippen molar-refractivity contribution in [3.05, 3.63) is 42.5 Å². The molecule has 22 heavy (non-hydrogen) atoms. The molecule has 4 heteroatoms. The van der Waals surface area contributed by atoms with Crippen molar-refractivity contribution < 1.29 is 4.79 Å². The van der Waals surface area contributed by atoms with Gasteiger partial charge in [0.25, 0.3) is 0 Å². The van der Waals surface area contributed by atoms with E-state index in [-0.39, 0.29) is 12.1 Å². The lowest BCUT2D eigenvalue weighted by atomic mass is 10.1. The number of nitrogens with one attached hydrogen (secondary N) is 2. The summed E-state index contributed by atoms with van der Waals surface area (Å²) in [5.41, 5.74) is 0.856. The van der Waals surface area contributed by atoms with Crippen LogP contribution >= 0.6 is 0 Å². The molecule has 1 fully saturated rings. The first kappa shape index (κ1) is 14.9. The summed E-state index contributed by atoms with van der Waals surface area (Å²) < 4.78 is 0. The Bertz CT molecular complexity index is 663. The van der Waals surface area contributed by atoms with Gasteiger partial charge in [-0.15, -0.1) is 0 Å². The van der Waals surface area contributed by atoms with E-state index in [1.807, 2.05) is 30.3 Å². The number of carbonyl (C=O) groups is 1. The third kappa shape index (κ3) is 3.22. The zero-order valence-corrected chi connectivity index (χ0v) is 13.2. The Morgan fingerprint density at radius 2 is 1.95 bits per heavy atom. The van der Waals surface area contributed by atoms with Crippen LogP contribution in [-0.4, -0.2) is 36.1 Å². The van der Waals surface area contributed by atoms with E-state index in [0.29, 0.717) is 6.04 Å². The van der Waals surface area contributed by atoms with E-state index in [1.54, 1.807) is 0 Å². The fourth-order valence-electron chi connectivity index (χ4n) is 3.05. The van der Waals surface area contributed by atoms with Crippen molar-refractivity contribution in [1.29, 1.82) is 0 Å². The summed E-state index contributed by atoms with van der Waals surface area (Å²) in [6, 6.07) is 14.7. The lowest BCUT2D eigenvalue weighted by Gasteiger charge is -2.20. The van der Waals surface area contributed by atoms with E-state index >= 15 is 0 Å². The highest BCUT2D eigenvalue weighted by Crippen LogP contribution is 2.23. The van der Waals surface area contributed by atoms with Crippen molar-refractivity contribution in [1.82, 2.24) is 10.2 Å². The summed E-state index contributed by atoms with van der Waals surface area (Å²) in [6.07, 6.45) is 1.02. The molecule has 0 spiro atoms. The van der Waals surface area contributed by atoms with Gasteiger partial charge in [-0.2, -0.15) is 0 Å². The maximum absolute atomic E-state index is 12.2. The van der Waals surface area contributed by atoms with Crippen LogP contribution in [0.5, 0.6) is 0 Å². The average Bonchev–Trinajstić information content (AvgIpc) is 2.96. The van der Waals surface area contributed by atoms with Crippen LogP contribution in [0.15, 0.2) is 42.5 Å². The first-order valence-corrected chi connectivity index (χ1v) is 7.93. The van der Waals surface area contributed by atoms with Crippen molar-refractivity contribution in [2.45, 2.75) is 32.4 Å². The van der Waals surface area contributed by atoms with Gasteiger partial charge in [0, 0.05) is 30.6 Å². The molecule has 2 aromatic rings. The molecular weight excluding hydrogens is 274 g/mol. The fourth-order valence-corrected chi connectivity index (χ4v) is 3.05. The maximum Gasteiger partial charge on any atom is 0.319 e. The largest absolute Gasteiger partial charge is 0.334 e. The number of hydrogen-bond donors (Lipinski definition) is 2. The van der Waals surface area contributed by atoms with Gasteiger partial charge in [-0.3, -0.25) is 4.90 Å². The second-order valence-electron chi connectivity index (χ2n) is 6.20. The number of likely N-dealkylation sites (tertiary alicyclic amines) is 1. The molecule has 0 unspecified atom stereocenters. The van der Waals surface area contributed by atoms with Crippen molar-refractivity contribution in [3.8, 4) is 0 Å². The Morgan fingerprint density at radius 1 is 1.18 bits per heavy atom. The average molecular weight is 297 g/mol. The van der Waals surface area contributed by atoms with Crippen molar-refractivity contribution in [2.24, 2.45) is 0 Å². The zero-order valence-electron chi connectivity index (χ0n) is 13.2. The Morgan fingerprint density at radius 3 is 2.73 bits per heavy atom. The number of rotatable bonds is 3. The van der Waals surface area contributed by atoms with Gasteiger partial charge >= 0.3 is 6.03 Å². The van der Waals surface area contributed by atoms with Gasteiger partial charge in [0.1, 0.15) is 0 Å². The summed E-state index contributed by atoms with van der Waals surface area (Å²) in [6.45, 7) is 6.37. The number of benzene rings is 2. The predicted molar refractivity (Wildman–Crippen MR) is 91.2 cm³/mol. The van der Waals surface area contributed by atoms with E-state index in [0.717, 1.165) is 36.0 Å². The third-order valence-electron chi connectivity index (χ3n) is 4.32. The molecule has 1 heterocycles. The van der Waals surface area contributed by atoms with Crippen LogP contribution in [0.3, 0.4) is 0 Å². The Kier molecular flexibility index (Phi) is 4.29. The topological polar surface area (TPSA) is 44.4 Å². The Labute approximate surface area is 131 Å². The highest BCUT2D eigenvalue weighted by Gasteiger charge is 2.25. The molecule has 2 amide bonds. The van der Waals surface area contributed by atoms with E-state index in [4.69, 9.17) is 0 Å². The first-order valence-electron chi connectivity index (χ1n) is 7.93. The van der Waals surface area contributed by atoms with Crippen LogP contribution in [-0.2, 0) is 0 Å². The number of anilines is 1. The van der Waals surface area contributed by atoms with E-state index in [1.165, 1.54) is 0 Å². The summed E-state index contributed by atoms with van der Waals surface area (Å²) in [5.74, 6) is 0. The molecular formula is C18H23N3O. The Balaban J connectivity index is 1.64. The molecule has 2 aromatic carbocycles. The van der Waals surface area contributed by atoms with E-state index < -0.39 is 0 Å². The quantitative estimate of drug-likeness (QED) is 0.911. The first-order chi connectivity index (χ1) is 10.6. The molecule has 1 saturated heterocycles. The molecule has 3 rings (SSSR count). The number of carbonyl (C=O) groups excluding carboxylic acids is 1. The van der Waals surface area contributed by atoms with Crippen LogP contribution in [0.2, 0.25) is 0 Å². The predicted octanol–water partition coefficient (Wildman–Crippen LogP) is 3.44. The van der Waals surface area contributed by atoms with Gasteiger partial charge in [0.05, 0.1) is 5.69 Å². The van der Waals surface area contributed by atoms with Gasteiger partial charge in [-0.05, 0) is 31.7 Å². The molecule has 1 aliphatic heterocycles. The normalized spacial score (nSPS) is 18.8. The second-order valence-corrected chi connectivity index (χ2v) is 6.20. The minimum atomic E-state index is -0.119. The van der Waals surface area contributed by atoms with Crippen molar-refractivity contribution in [3.63, 3.8) is 0 Å². The molecule has 1 atom stereocenters. The minimum absolute atomic E-state index is 0.119. The van der Waals surface area contributed by atoms with Gasteiger partial charge in [-0.1, -0.05) is 36.4 Å². The highest BCUT2D eigenvalue weighted by atomic mass is 16.2. The molecule has 1 aliphatic rings. The molecule has 0 saturated carbocycles. The number of nitrogens with zero attached hydrogens (tertiary/aromatic N) is 1. The van der Waals surface area contributed by atoms with Gasteiger partial charge in [-0.25, -0.2) is 4.79 Å². The second kappa shape index (κ2) is 6.36. The van der Waals surface area contributed by atoms with Crippen LogP contribution < -0.4 is 10.6 Å². The third-order valence-corrected chi connectivity index (χ3v) is 4.32. The summed E-state index contributed by atoms with van der Waals surface area (Å²) in [7, 11) is 0. The van der Waals surface area contributed by atoms with Gasteiger partial charge in [0.2, 0.25) is 0 Å². The number of amides is 2. The van der Waals surface area contributed by atoms with E-state index in [2.05, 4.69) is 41.5 Å². The molecule has 0 aliphatic carbocycles. The monoisotopic (exact) mass is 297 g/mol. The SMILES string of the molecule is CC(C)N1CC[C@@H](NC(=O)Nc2cccc3ccccc23)C1. The minimum Gasteiger partial charge on any atom is -0.334 e. The van der Waals surface area contributed by atoms with Crippen molar-refractivity contribution in [2.75, 3.05) is 18.4 Å². The molecule has 2 N–H and O–H groups in total. The summed E-state index contributed by atoms with van der Waals surface area (Å²) in [5, 5.41) is 8.27. The maximum atomic E-state index is 12.2. The smallest absolute Gasteiger partial charge is 0.319 e. The lowest BCUT2D eigenvalue weighted by molar-refractivity contribution is 0.244. The summed E-state index contributed by atoms with van der Waals surface area (Å²) in [4.78, 5) is 14.6. The highest BCUT2D eigenvalue weighted by molar-refractivity contribution is 6.01. The van der Waals surface area contributed by atoms with Gasteiger partial charge < -0.3 is 10.6 Å².